The van der Waals surface area contributed by atoms with Crippen LogP contribution in [0, 0.1) is 5.82 Å². The third kappa shape index (κ3) is 3.72. The van der Waals surface area contributed by atoms with E-state index in [9.17, 15) is 9.18 Å². The van der Waals surface area contributed by atoms with Crippen molar-refractivity contribution in [3.05, 3.63) is 71.7 Å². The molecule has 0 aliphatic carbocycles. The van der Waals surface area contributed by atoms with E-state index in [2.05, 4.69) is 10.3 Å². The quantitative estimate of drug-likeness (QED) is 0.697. The zero-order chi connectivity index (χ0) is 16.1. The fraction of sp³-hybridized carbons (Fsp3) is 0.158. The molecule has 4 heteroatoms. The highest BCUT2D eigenvalue weighted by Crippen LogP contribution is 2.18. The normalized spacial score (nSPS) is 10.7. The Labute approximate surface area is 134 Å². The minimum absolute atomic E-state index is 0.281. The van der Waals surface area contributed by atoms with E-state index in [1.165, 1.54) is 6.07 Å². The van der Waals surface area contributed by atoms with E-state index in [0.29, 0.717) is 24.9 Å². The average molecular weight is 308 g/mol. The Bertz CT molecular complexity index is 832. The zero-order valence-corrected chi connectivity index (χ0v) is 12.6. The first kappa shape index (κ1) is 15.2. The maximum atomic E-state index is 13.9. The minimum Gasteiger partial charge on any atom is -0.381 e. The number of aromatic nitrogens is 1. The SMILES string of the molecule is O=CCCc1ccc(NCc2ccc3cccnc3c2)cc1F. The standard InChI is InChI=1S/C19H17FN2O/c20-18-12-17(8-7-15(18)4-2-10-23)22-13-14-5-6-16-3-1-9-21-19(16)11-14/h1,3,5-12,22H,2,4,13H2. The summed E-state index contributed by atoms with van der Waals surface area (Å²) in [5.74, 6) is -0.281. The zero-order valence-electron chi connectivity index (χ0n) is 12.6. The summed E-state index contributed by atoms with van der Waals surface area (Å²) in [5, 5.41) is 4.31. The first-order valence-electron chi connectivity index (χ1n) is 7.56. The fourth-order valence-corrected chi connectivity index (χ4v) is 2.50. The first-order chi connectivity index (χ1) is 11.3. The lowest BCUT2D eigenvalue weighted by Gasteiger charge is -2.09. The van der Waals surface area contributed by atoms with Crippen LogP contribution < -0.4 is 5.32 Å². The molecular formula is C19H17FN2O. The van der Waals surface area contributed by atoms with Crippen molar-refractivity contribution in [2.75, 3.05) is 5.32 Å². The van der Waals surface area contributed by atoms with E-state index >= 15 is 0 Å². The topological polar surface area (TPSA) is 42.0 Å². The molecule has 116 valence electrons. The summed E-state index contributed by atoms with van der Waals surface area (Å²) in [6.07, 6.45) is 3.35. The van der Waals surface area contributed by atoms with E-state index in [1.807, 2.05) is 36.4 Å². The fourth-order valence-electron chi connectivity index (χ4n) is 2.50. The van der Waals surface area contributed by atoms with Gasteiger partial charge in [-0.25, -0.2) is 4.39 Å². The number of carbonyl (C=O) groups excluding carboxylic acids is 1. The van der Waals surface area contributed by atoms with Gasteiger partial charge in [0.25, 0.3) is 0 Å². The predicted molar refractivity (Wildman–Crippen MR) is 89.9 cm³/mol. The van der Waals surface area contributed by atoms with Gasteiger partial charge in [0, 0.05) is 30.2 Å². The van der Waals surface area contributed by atoms with Gasteiger partial charge in [0.05, 0.1) is 5.52 Å². The third-order valence-electron chi connectivity index (χ3n) is 3.75. The summed E-state index contributed by atoms with van der Waals surface area (Å²) in [6, 6.07) is 15.1. The van der Waals surface area contributed by atoms with Gasteiger partial charge in [0.15, 0.2) is 0 Å². The second-order valence-electron chi connectivity index (χ2n) is 5.40. The molecule has 3 aromatic rings. The van der Waals surface area contributed by atoms with E-state index < -0.39 is 0 Å². The van der Waals surface area contributed by atoms with Gasteiger partial charge in [-0.1, -0.05) is 24.3 Å². The highest BCUT2D eigenvalue weighted by molar-refractivity contribution is 5.78. The summed E-state index contributed by atoms with van der Waals surface area (Å²) in [6.45, 7) is 0.597. The molecule has 0 saturated carbocycles. The molecule has 23 heavy (non-hydrogen) atoms. The third-order valence-corrected chi connectivity index (χ3v) is 3.75. The van der Waals surface area contributed by atoms with Crippen LogP contribution in [0.5, 0.6) is 0 Å². The van der Waals surface area contributed by atoms with Crippen LogP contribution in [0.1, 0.15) is 17.5 Å². The van der Waals surface area contributed by atoms with Crippen LogP contribution in [0.4, 0.5) is 10.1 Å². The van der Waals surface area contributed by atoms with Crippen molar-refractivity contribution >= 4 is 22.9 Å². The number of halogens is 1. The average Bonchev–Trinajstić information content (AvgIpc) is 2.59. The number of hydrogen-bond donors (Lipinski definition) is 1. The lowest BCUT2D eigenvalue weighted by atomic mass is 10.1. The number of fused-ring (bicyclic) bond motifs is 1. The van der Waals surface area contributed by atoms with E-state index in [4.69, 9.17) is 0 Å². The second-order valence-corrected chi connectivity index (χ2v) is 5.40. The smallest absolute Gasteiger partial charge is 0.128 e. The predicted octanol–water partition coefficient (Wildman–Crippen LogP) is 4.12. The van der Waals surface area contributed by atoms with Gasteiger partial charge in [-0.2, -0.15) is 0 Å². The van der Waals surface area contributed by atoms with Crippen molar-refractivity contribution < 1.29 is 9.18 Å². The number of hydrogen-bond acceptors (Lipinski definition) is 3. The maximum absolute atomic E-state index is 13.9. The number of aldehydes is 1. The Morgan fingerprint density at radius 3 is 2.87 bits per heavy atom. The van der Waals surface area contributed by atoms with Crippen molar-refractivity contribution in [3.8, 4) is 0 Å². The van der Waals surface area contributed by atoms with E-state index in [-0.39, 0.29) is 5.82 Å². The van der Waals surface area contributed by atoms with Gasteiger partial charge < -0.3 is 10.1 Å². The summed E-state index contributed by atoms with van der Waals surface area (Å²) >= 11 is 0. The van der Waals surface area contributed by atoms with Gasteiger partial charge in [0.1, 0.15) is 12.1 Å². The molecule has 0 spiro atoms. The van der Waals surface area contributed by atoms with Gasteiger partial charge in [-0.05, 0) is 41.8 Å². The number of nitrogens with zero attached hydrogens (tertiary/aromatic N) is 1. The molecule has 1 aromatic heterocycles. The summed E-state index contributed by atoms with van der Waals surface area (Å²) < 4.78 is 13.9. The minimum atomic E-state index is -0.281. The van der Waals surface area contributed by atoms with Crippen LogP contribution in [0.2, 0.25) is 0 Å². The monoisotopic (exact) mass is 308 g/mol. The number of pyridine rings is 1. The Morgan fingerprint density at radius 1 is 1.13 bits per heavy atom. The van der Waals surface area contributed by atoms with Gasteiger partial charge in [-0.3, -0.25) is 4.98 Å². The number of rotatable bonds is 6. The number of anilines is 1. The van der Waals surface area contributed by atoms with Crippen LogP contribution in [-0.2, 0) is 17.8 Å². The van der Waals surface area contributed by atoms with Crippen molar-refractivity contribution in [1.29, 1.82) is 0 Å². The molecule has 2 aromatic carbocycles. The molecule has 0 amide bonds. The van der Waals surface area contributed by atoms with Crippen LogP contribution in [0.25, 0.3) is 10.9 Å². The van der Waals surface area contributed by atoms with Gasteiger partial charge in [-0.15, -0.1) is 0 Å². The maximum Gasteiger partial charge on any atom is 0.128 e. The molecule has 1 heterocycles. The van der Waals surface area contributed by atoms with Crippen molar-refractivity contribution in [1.82, 2.24) is 4.98 Å². The highest BCUT2D eigenvalue weighted by Gasteiger charge is 2.04. The summed E-state index contributed by atoms with van der Waals surface area (Å²) in [7, 11) is 0. The molecule has 0 atom stereocenters. The van der Waals surface area contributed by atoms with Crippen LogP contribution in [-0.4, -0.2) is 11.3 Å². The van der Waals surface area contributed by atoms with Gasteiger partial charge in [0.2, 0.25) is 0 Å². The summed E-state index contributed by atoms with van der Waals surface area (Å²) in [5.41, 5.74) is 3.32. The Balaban J connectivity index is 1.69. The van der Waals surface area contributed by atoms with Crippen LogP contribution >= 0.6 is 0 Å². The number of carbonyl (C=O) groups is 1. The molecule has 0 bridgehead atoms. The van der Waals surface area contributed by atoms with E-state index in [1.54, 1.807) is 12.3 Å². The molecule has 0 unspecified atom stereocenters. The molecule has 1 N–H and O–H groups in total. The number of nitrogens with one attached hydrogen (secondary N) is 1. The highest BCUT2D eigenvalue weighted by atomic mass is 19.1. The molecule has 0 saturated heterocycles. The van der Waals surface area contributed by atoms with Crippen molar-refractivity contribution in [2.45, 2.75) is 19.4 Å². The first-order valence-corrected chi connectivity index (χ1v) is 7.56. The molecule has 0 radical (unpaired) electrons. The second kappa shape index (κ2) is 7.01. The Hall–Kier alpha value is -2.75. The van der Waals surface area contributed by atoms with Crippen LogP contribution in [0.15, 0.2) is 54.7 Å². The Morgan fingerprint density at radius 2 is 2.04 bits per heavy atom. The van der Waals surface area contributed by atoms with Crippen molar-refractivity contribution in [3.63, 3.8) is 0 Å². The lowest BCUT2D eigenvalue weighted by molar-refractivity contribution is -0.107. The molecule has 0 aliphatic rings. The molecular weight excluding hydrogens is 291 g/mol. The largest absolute Gasteiger partial charge is 0.381 e. The number of aryl methyl sites for hydroxylation is 1. The lowest BCUT2D eigenvalue weighted by Crippen LogP contribution is -2.01. The molecule has 0 fully saturated rings. The van der Waals surface area contributed by atoms with Crippen molar-refractivity contribution in [2.24, 2.45) is 0 Å². The molecule has 0 aliphatic heterocycles. The molecule has 3 rings (SSSR count). The molecule has 3 nitrogen and oxygen atoms in total. The van der Waals surface area contributed by atoms with Crippen LogP contribution in [0.3, 0.4) is 0 Å². The Kier molecular flexibility index (Phi) is 4.62. The number of benzene rings is 2. The van der Waals surface area contributed by atoms with Gasteiger partial charge >= 0.3 is 0 Å². The van der Waals surface area contributed by atoms with E-state index in [0.717, 1.165) is 28.4 Å². The summed E-state index contributed by atoms with van der Waals surface area (Å²) in [4.78, 5) is 14.7.